The van der Waals surface area contributed by atoms with Crippen molar-refractivity contribution < 1.29 is 9.59 Å². The summed E-state index contributed by atoms with van der Waals surface area (Å²) in [5, 5.41) is 2.36. The van der Waals surface area contributed by atoms with E-state index in [0.29, 0.717) is 12.8 Å². The third-order valence-corrected chi connectivity index (χ3v) is 3.56. The second-order valence-corrected chi connectivity index (χ2v) is 5.19. The van der Waals surface area contributed by atoms with Crippen LogP contribution in [0.25, 0.3) is 5.52 Å². The molecule has 3 heterocycles. The van der Waals surface area contributed by atoms with E-state index in [9.17, 15) is 9.59 Å². The average molecular weight is 308 g/mol. The highest BCUT2D eigenvalue weighted by Gasteiger charge is 2.30. The molecule has 2 aromatic heterocycles. The van der Waals surface area contributed by atoms with Crippen LogP contribution in [0.5, 0.6) is 0 Å². The van der Waals surface area contributed by atoms with E-state index in [0.717, 1.165) is 15.7 Å². The van der Waals surface area contributed by atoms with Crippen LogP contribution in [0.15, 0.2) is 29.1 Å². The minimum atomic E-state index is -0.339. The van der Waals surface area contributed by atoms with E-state index in [4.69, 9.17) is 0 Å². The molecule has 0 spiro atoms. The lowest BCUT2D eigenvalue weighted by atomic mass is 9.94. The predicted octanol–water partition coefficient (Wildman–Crippen LogP) is 1.62. The number of rotatable bonds is 1. The molecule has 2 aromatic rings. The number of amides is 2. The van der Waals surface area contributed by atoms with Crippen molar-refractivity contribution in [2.75, 3.05) is 0 Å². The molecule has 1 N–H and O–H groups in total. The number of pyridine rings is 1. The van der Waals surface area contributed by atoms with E-state index in [1.807, 2.05) is 22.7 Å². The van der Waals surface area contributed by atoms with Crippen LogP contribution in [-0.4, -0.2) is 21.2 Å². The van der Waals surface area contributed by atoms with Crippen molar-refractivity contribution >= 4 is 33.3 Å². The number of aromatic nitrogens is 2. The number of imide groups is 1. The molecule has 92 valence electrons. The molecule has 1 saturated heterocycles. The summed E-state index contributed by atoms with van der Waals surface area (Å²) in [5.41, 5.74) is 1.63. The van der Waals surface area contributed by atoms with Gasteiger partial charge in [0.25, 0.3) is 0 Å². The summed E-state index contributed by atoms with van der Waals surface area (Å²) in [6.07, 6.45) is 4.45. The number of nitrogens with zero attached hydrogens (tertiary/aromatic N) is 2. The maximum atomic E-state index is 11.8. The fraction of sp³-hybridized carbons (Fsp3) is 0.250. The summed E-state index contributed by atoms with van der Waals surface area (Å²) >= 11 is 3.38. The smallest absolute Gasteiger partial charge is 0.235 e. The molecule has 0 saturated carbocycles. The monoisotopic (exact) mass is 307 g/mol. The molecule has 1 aliphatic rings. The fourth-order valence-corrected chi connectivity index (χ4v) is 2.57. The van der Waals surface area contributed by atoms with Crippen molar-refractivity contribution in [3.05, 3.63) is 34.8 Å². The zero-order chi connectivity index (χ0) is 12.7. The number of piperidine rings is 1. The molecule has 0 bridgehead atoms. The van der Waals surface area contributed by atoms with Gasteiger partial charge in [0.1, 0.15) is 0 Å². The SMILES string of the molecule is O=C1CCC(c2ncn3cc(Br)ccc23)C(=O)N1. The first-order valence-electron chi connectivity index (χ1n) is 5.61. The number of fused-ring (bicyclic) bond motifs is 1. The fourth-order valence-electron chi connectivity index (χ4n) is 2.22. The molecule has 1 atom stereocenters. The van der Waals surface area contributed by atoms with Gasteiger partial charge in [-0.05, 0) is 34.5 Å². The lowest BCUT2D eigenvalue weighted by Gasteiger charge is -2.19. The molecule has 6 heteroatoms. The second-order valence-electron chi connectivity index (χ2n) is 4.27. The topological polar surface area (TPSA) is 63.5 Å². The molecule has 0 aliphatic carbocycles. The van der Waals surface area contributed by atoms with E-state index in [1.165, 1.54) is 0 Å². The number of imidazole rings is 1. The summed E-state index contributed by atoms with van der Waals surface area (Å²) in [6.45, 7) is 0. The molecule has 1 unspecified atom stereocenters. The van der Waals surface area contributed by atoms with Crippen LogP contribution in [0, 0.1) is 0 Å². The molecule has 18 heavy (non-hydrogen) atoms. The Balaban J connectivity index is 2.04. The van der Waals surface area contributed by atoms with E-state index >= 15 is 0 Å². The summed E-state index contributed by atoms with van der Waals surface area (Å²) in [7, 11) is 0. The number of nitrogens with one attached hydrogen (secondary N) is 1. The Hall–Kier alpha value is -1.69. The Bertz CT molecular complexity index is 650. The maximum Gasteiger partial charge on any atom is 0.235 e. The lowest BCUT2D eigenvalue weighted by molar-refractivity contribution is -0.134. The van der Waals surface area contributed by atoms with Gasteiger partial charge >= 0.3 is 0 Å². The van der Waals surface area contributed by atoms with Gasteiger partial charge in [-0.2, -0.15) is 0 Å². The van der Waals surface area contributed by atoms with E-state index in [2.05, 4.69) is 26.2 Å². The van der Waals surface area contributed by atoms with E-state index in [1.54, 1.807) is 6.33 Å². The molecule has 0 radical (unpaired) electrons. The van der Waals surface area contributed by atoms with Crippen molar-refractivity contribution in [1.29, 1.82) is 0 Å². The summed E-state index contributed by atoms with van der Waals surface area (Å²) in [6, 6.07) is 3.82. The van der Waals surface area contributed by atoms with Crippen molar-refractivity contribution in [3.63, 3.8) is 0 Å². The van der Waals surface area contributed by atoms with Gasteiger partial charge in [0.05, 0.1) is 23.5 Å². The zero-order valence-electron chi connectivity index (χ0n) is 9.39. The predicted molar refractivity (Wildman–Crippen MR) is 68.0 cm³/mol. The molecule has 3 rings (SSSR count). The van der Waals surface area contributed by atoms with Crippen LogP contribution < -0.4 is 5.32 Å². The highest BCUT2D eigenvalue weighted by atomic mass is 79.9. The normalized spacial score (nSPS) is 20.2. The molecule has 0 aromatic carbocycles. The molecular weight excluding hydrogens is 298 g/mol. The van der Waals surface area contributed by atoms with Gasteiger partial charge in [0.15, 0.2) is 0 Å². The number of carbonyl (C=O) groups is 2. The van der Waals surface area contributed by atoms with Gasteiger partial charge in [-0.1, -0.05) is 0 Å². The van der Waals surface area contributed by atoms with Crippen molar-refractivity contribution in [3.8, 4) is 0 Å². The lowest BCUT2D eigenvalue weighted by Crippen LogP contribution is -2.39. The van der Waals surface area contributed by atoms with Gasteiger partial charge in [-0.15, -0.1) is 0 Å². The van der Waals surface area contributed by atoms with Gasteiger partial charge in [-0.3, -0.25) is 14.9 Å². The highest BCUT2D eigenvalue weighted by Crippen LogP contribution is 2.27. The minimum Gasteiger partial charge on any atom is -0.305 e. The second kappa shape index (κ2) is 4.20. The van der Waals surface area contributed by atoms with Gasteiger partial charge in [0.2, 0.25) is 11.8 Å². The van der Waals surface area contributed by atoms with Crippen LogP contribution >= 0.6 is 15.9 Å². The Morgan fingerprint density at radius 3 is 3.00 bits per heavy atom. The first kappa shape index (κ1) is 11.4. The Kier molecular flexibility index (Phi) is 2.66. The molecule has 5 nitrogen and oxygen atoms in total. The Morgan fingerprint density at radius 1 is 1.39 bits per heavy atom. The average Bonchev–Trinajstić information content (AvgIpc) is 2.72. The summed E-state index contributed by atoms with van der Waals surface area (Å²) < 4.78 is 2.81. The number of hydrogen-bond donors (Lipinski definition) is 1. The molecule has 1 aliphatic heterocycles. The van der Waals surface area contributed by atoms with Crippen molar-refractivity contribution in [2.24, 2.45) is 0 Å². The van der Waals surface area contributed by atoms with E-state index < -0.39 is 0 Å². The molecule has 2 amide bonds. The maximum absolute atomic E-state index is 11.8. The molecule has 1 fully saturated rings. The van der Waals surface area contributed by atoms with Crippen LogP contribution in [0.3, 0.4) is 0 Å². The largest absolute Gasteiger partial charge is 0.305 e. The Morgan fingerprint density at radius 2 is 2.22 bits per heavy atom. The number of halogens is 1. The standard InChI is InChI=1S/C12H10BrN3O2/c13-7-1-3-9-11(14-6-16(9)5-7)8-2-4-10(17)15-12(8)18/h1,3,5-6,8H,2,4H2,(H,15,17,18). The number of hydrogen-bond acceptors (Lipinski definition) is 3. The van der Waals surface area contributed by atoms with Crippen molar-refractivity contribution in [2.45, 2.75) is 18.8 Å². The number of carbonyl (C=O) groups excluding carboxylic acids is 2. The van der Waals surface area contributed by atoms with Crippen LogP contribution in [0.1, 0.15) is 24.5 Å². The Labute approximate surface area is 111 Å². The third kappa shape index (κ3) is 1.82. The van der Waals surface area contributed by atoms with Crippen molar-refractivity contribution in [1.82, 2.24) is 14.7 Å². The third-order valence-electron chi connectivity index (χ3n) is 3.09. The zero-order valence-corrected chi connectivity index (χ0v) is 11.0. The molecular formula is C12H10BrN3O2. The van der Waals surface area contributed by atoms with Gasteiger partial charge in [-0.25, -0.2) is 4.98 Å². The highest BCUT2D eigenvalue weighted by molar-refractivity contribution is 9.10. The van der Waals surface area contributed by atoms with E-state index in [-0.39, 0.29) is 17.7 Å². The minimum absolute atomic E-state index is 0.206. The van der Waals surface area contributed by atoms with Gasteiger partial charge in [0, 0.05) is 17.1 Å². The summed E-state index contributed by atoms with van der Waals surface area (Å²) in [4.78, 5) is 27.3. The quantitative estimate of drug-likeness (QED) is 0.814. The van der Waals surface area contributed by atoms with Crippen LogP contribution in [0.2, 0.25) is 0 Å². The van der Waals surface area contributed by atoms with Gasteiger partial charge < -0.3 is 4.40 Å². The first-order valence-corrected chi connectivity index (χ1v) is 6.40. The first-order chi connectivity index (χ1) is 8.65. The summed E-state index contributed by atoms with van der Waals surface area (Å²) in [5.74, 6) is -0.800. The van der Waals surface area contributed by atoms with Crippen LogP contribution in [-0.2, 0) is 9.59 Å². The van der Waals surface area contributed by atoms with Crippen LogP contribution in [0.4, 0.5) is 0 Å².